The van der Waals surface area contributed by atoms with E-state index in [1.165, 1.54) is 0 Å². The van der Waals surface area contributed by atoms with Gasteiger partial charge in [0, 0.05) is 6.54 Å². The molecule has 0 bridgehead atoms. The van der Waals surface area contributed by atoms with Gasteiger partial charge in [0.1, 0.15) is 11.6 Å². The van der Waals surface area contributed by atoms with E-state index < -0.39 is 0 Å². The molecule has 1 heterocycles. The molecule has 0 aliphatic rings. The summed E-state index contributed by atoms with van der Waals surface area (Å²) >= 11 is 6.35. The monoisotopic (exact) mass is 300 g/mol. The maximum Gasteiger partial charge on any atom is 0.144 e. The molecule has 0 aliphatic carbocycles. The van der Waals surface area contributed by atoms with Gasteiger partial charge in [0.2, 0.25) is 0 Å². The van der Waals surface area contributed by atoms with Crippen molar-refractivity contribution in [2.45, 2.75) is 26.8 Å². The number of hydrogen-bond acceptors (Lipinski definition) is 2. The minimum absolute atomic E-state index is 0.240. The molecule has 3 rings (SSSR count). The number of aromatic hydroxyl groups is 1. The third-order valence-electron chi connectivity index (χ3n) is 3.56. The van der Waals surface area contributed by atoms with Crippen molar-refractivity contribution in [2.24, 2.45) is 0 Å². The van der Waals surface area contributed by atoms with Gasteiger partial charge in [-0.25, -0.2) is 4.98 Å². The third kappa shape index (κ3) is 2.38. The lowest BCUT2D eigenvalue weighted by molar-refractivity contribution is 0.476. The zero-order valence-corrected chi connectivity index (χ0v) is 12.9. The molecule has 0 aliphatic heterocycles. The van der Waals surface area contributed by atoms with Crippen LogP contribution in [0, 0.1) is 6.92 Å². The minimum Gasteiger partial charge on any atom is -0.507 e. The van der Waals surface area contributed by atoms with Crippen LogP contribution in [0.3, 0.4) is 0 Å². The van der Waals surface area contributed by atoms with E-state index >= 15 is 0 Å². The maximum atomic E-state index is 10.2. The Labute approximate surface area is 128 Å². The number of hydrogen-bond donors (Lipinski definition) is 1. The van der Waals surface area contributed by atoms with Gasteiger partial charge in [0.05, 0.1) is 21.6 Å². The van der Waals surface area contributed by atoms with E-state index in [0.717, 1.165) is 41.0 Å². The zero-order chi connectivity index (χ0) is 15.0. The molecule has 3 nitrogen and oxygen atoms in total. The molecule has 0 amide bonds. The molecule has 1 aromatic heterocycles. The van der Waals surface area contributed by atoms with Gasteiger partial charge in [-0.3, -0.25) is 0 Å². The van der Waals surface area contributed by atoms with Crippen molar-refractivity contribution in [3.63, 3.8) is 0 Å². The van der Waals surface area contributed by atoms with Crippen LogP contribution in [0.4, 0.5) is 0 Å². The van der Waals surface area contributed by atoms with Gasteiger partial charge in [0.25, 0.3) is 0 Å². The molecule has 4 heteroatoms. The number of nitrogens with zero attached hydrogens (tertiary/aromatic N) is 2. The standard InChI is InChI=1S/C17H17ClN2O/c1-3-9-20-16-13(18)5-4-6-14(16)19-17(20)12-10-11(2)7-8-15(12)21/h4-8,10,21H,3,9H2,1-2H3. The van der Waals surface area contributed by atoms with Crippen LogP contribution in [0.5, 0.6) is 5.75 Å². The molecular weight excluding hydrogens is 284 g/mol. The summed E-state index contributed by atoms with van der Waals surface area (Å²) in [5.41, 5.74) is 3.61. The van der Waals surface area contributed by atoms with Gasteiger partial charge >= 0.3 is 0 Å². The molecular formula is C17H17ClN2O. The van der Waals surface area contributed by atoms with Crippen molar-refractivity contribution in [2.75, 3.05) is 0 Å². The van der Waals surface area contributed by atoms with Gasteiger partial charge in [-0.2, -0.15) is 0 Å². The first-order valence-electron chi connectivity index (χ1n) is 7.06. The number of aryl methyl sites for hydroxylation is 2. The second-order valence-corrected chi connectivity index (χ2v) is 5.62. The number of phenols is 1. The van der Waals surface area contributed by atoms with Crippen LogP contribution < -0.4 is 0 Å². The maximum absolute atomic E-state index is 10.2. The van der Waals surface area contributed by atoms with E-state index in [0.29, 0.717) is 5.02 Å². The van der Waals surface area contributed by atoms with Crippen LogP contribution in [0.15, 0.2) is 36.4 Å². The number of rotatable bonds is 3. The van der Waals surface area contributed by atoms with Gasteiger partial charge in [-0.1, -0.05) is 36.2 Å². The average molecular weight is 301 g/mol. The summed E-state index contributed by atoms with van der Waals surface area (Å²) in [6.45, 7) is 4.92. The highest BCUT2D eigenvalue weighted by Gasteiger charge is 2.17. The Kier molecular flexibility index (Phi) is 3.60. The molecule has 0 fully saturated rings. The third-order valence-corrected chi connectivity index (χ3v) is 3.86. The molecule has 1 N–H and O–H groups in total. The van der Waals surface area contributed by atoms with Crippen molar-refractivity contribution >= 4 is 22.6 Å². The van der Waals surface area contributed by atoms with E-state index in [4.69, 9.17) is 11.6 Å². The lowest BCUT2D eigenvalue weighted by atomic mass is 10.1. The van der Waals surface area contributed by atoms with Crippen molar-refractivity contribution < 1.29 is 5.11 Å². The van der Waals surface area contributed by atoms with Gasteiger partial charge < -0.3 is 9.67 Å². The number of para-hydroxylation sites is 1. The van der Waals surface area contributed by atoms with Crippen LogP contribution in [0.1, 0.15) is 18.9 Å². The van der Waals surface area contributed by atoms with Crippen LogP contribution >= 0.6 is 11.6 Å². The summed E-state index contributed by atoms with van der Waals surface area (Å²) in [5.74, 6) is 1.01. The normalized spacial score (nSPS) is 11.2. The van der Waals surface area contributed by atoms with Gasteiger partial charge in [-0.15, -0.1) is 0 Å². The molecule has 0 saturated heterocycles. The Morgan fingerprint density at radius 1 is 1.24 bits per heavy atom. The van der Waals surface area contributed by atoms with E-state index in [1.54, 1.807) is 6.07 Å². The van der Waals surface area contributed by atoms with Crippen LogP contribution in [-0.4, -0.2) is 14.7 Å². The number of fused-ring (bicyclic) bond motifs is 1. The first-order chi connectivity index (χ1) is 10.1. The van der Waals surface area contributed by atoms with Crippen molar-refractivity contribution in [3.8, 4) is 17.1 Å². The number of benzene rings is 2. The summed E-state index contributed by atoms with van der Waals surface area (Å²) in [6, 6.07) is 11.3. The quantitative estimate of drug-likeness (QED) is 0.756. The Balaban J connectivity index is 2.34. The fraction of sp³-hybridized carbons (Fsp3) is 0.235. The van der Waals surface area contributed by atoms with Gasteiger partial charge in [0.15, 0.2) is 0 Å². The van der Waals surface area contributed by atoms with Crippen molar-refractivity contribution in [3.05, 3.63) is 47.0 Å². The smallest absolute Gasteiger partial charge is 0.144 e. The SMILES string of the molecule is CCCn1c(-c2cc(C)ccc2O)nc2cccc(Cl)c21. The molecule has 21 heavy (non-hydrogen) atoms. The summed E-state index contributed by atoms with van der Waals surface area (Å²) in [7, 11) is 0. The first-order valence-corrected chi connectivity index (χ1v) is 7.44. The first kappa shape index (κ1) is 14.0. The van der Waals surface area contributed by atoms with E-state index in [9.17, 15) is 5.11 Å². The summed E-state index contributed by atoms with van der Waals surface area (Å²) < 4.78 is 2.09. The second kappa shape index (κ2) is 5.41. The Hall–Kier alpha value is -2.00. The van der Waals surface area contributed by atoms with E-state index in [-0.39, 0.29) is 5.75 Å². The lowest BCUT2D eigenvalue weighted by Gasteiger charge is -2.10. The second-order valence-electron chi connectivity index (χ2n) is 5.22. The molecule has 108 valence electrons. The molecule has 2 aromatic carbocycles. The molecule has 3 aromatic rings. The van der Waals surface area contributed by atoms with Gasteiger partial charge in [-0.05, 0) is 37.6 Å². The molecule has 0 saturated carbocycles. The predicted octanol–water partition coefficient (Wildman–Crippen LogP) is 4.78. The Bertz CT molecular complexity index is 808. The van der Waals surface area contributed by atoms with Crippen LogP contribution in [-0.2, 0) is 6.54 Å². The molecule has 0 radical (unpaired) electrons. The highest BCUT2D eigenvalue weighted by molar-refractivity contribution is 6.35. The summed E-state index contributed by atoms with van der Waals surface area (Å²) in [4.78, 5) is 4.68. The predicted molar refractivity (Wildman–Crippen MR) is 86.9 cm³/mol. The summed E-state index contributed by atoms with van der Waals surface area (Å²) in [6.07, 6.45) is 0.969. The zero-order valence-electron chi connectivity index (χ0n) is 12.1. The highest BCUT2D eigenvalue weighted by Crippen LogP contribution is 2.34. The lowest BCUT2D eigenvalue weighted by Crippen LogP contribution is -2.00. The van der Waals surface area contributed by atoms with Crippen molar-refractivity contribution in [1.82, 2.24) is 9.55 Å². The number of halogens is 1. The van der Waals surface area contributed by atoms with E-state index in [1.807, 2.05) is 37.3 Å². The van der Waals surface area contributed by atoms with Crippen molar-refractivity contribution in [1.29, 1.82) is 0 Å². The largest absolute Gasteiger partial charge is 0.507 e. The summed E-state index contributed by atoms with van der Waals surface area (Å²) in [5, 5.41) is 10.9. The number of aromatic nitrogens is 2. The van der Waals surface area contributed by atoms with Crippen LogP contribution in [0.25, 0.3) is 22.4 Å². The molecule has 0 atom stereocenters. The Morgan fingerprint density at radius 3 is 2.81 bits per heavy atom. The topological polar surface area (TPSA) is 38.0 Å². The minimum atomic E-state index is 0.240. The average Bonchev–Trinajstić information content (AvgIpc) is 2.82. The number of phenolic OH excluding ortho intramolecular Hbond substituents is 1. The fourth-order valence-corrected chi connectivity index (χ4v) is 2.89. The fourth-order valence-electron chi connectivity index (χ4n) is 2.62. The molecule has 0 unspecified atom stereocenters. The highest BCUT2D eigenvalue weighted by atomic mass is 35.5. The molecule has 0 spiro atoms. The number of imidazole rings is 1. The van der Waals surface area contributed by atoms with E-state index in [2.05, 4.69) is 16.5 Å². The Morgan fingerprint density at radius 2 is 2.05 bits per heavy atom. The van der Waals surface area contributed by atoms with Crippen LogP contribution in [0.2, 0.25) is 5.02 Å².